The highest BCUT2D eigenvalue weighted by molar-refractivity contribution is 4.70. The Morgan fingerprint density at radius 1 is 1.43 bits per heavy atom. The zero-order valence-electron chi connectivity index (χ0n) is 8.71. The highest BCUT2D eigenvalue weighted by atomic mass is 16.3. The van der Waals surface area contributed by atoms with Crippen LogP contribution >= 0.6 is 0 Å². The first kappa shape index (κ1) is 11.9. The van der Waals surface area contributed by atoms with Crippen LogP contribution in [0.4, 0.5) is 0 Å². The van der Waals surface area contributed by atoms with Crippen LogP contribution < -0.4 is 16.4 Å². The molecule has 0 aromatic carbocycles. The van der Waals surface area contributed by atoms with E-state index in [0.29, 0.717) is 13.1 Å². The second-order valence-corrected chi connectivity index (χ2v) is 3.66. The molecule has 1 aliphatic heterocycles. The van der Waals surface area contributed by atoms with E-state index in [1.807, 2.05) is 0 Å². The maximum atomic E-state index is 9.61. The van der Waals surface area contributed by atoms with Crippen LogP contribution in [0.25, 0.3) is 0 Å². The molecule has 0 aromatic heterocycles. The number of nitrogens with zero attached hydrogens (tertiary/aromatic N) is 1. The van der Waals surface area contributed by atoms with Crippen LogP contribution in [-0.2, 0) is 0 Å². The Kier molecular flexibility index (Phi) is 6.05. The number of aliphatic hydroxyl groups is 1. The molecule has 0 bridgehead atoms. The molecule has 0 aliphatic carbocycles. The van der Waals surface area contributed by atoms with E-state index >= 15 is 0 Å². The summed E-state index contributed by atoms with van der Waals surface area (Å²) in [5.74, 6) is 0. The average molecular weight is 202 g/mol. The lowest BCUT2D eigenvalue weighted by Crippen LogP contribution is -2.49. The van der Waals surface area contributed by atoms with Gasteiger partial charge in [0.05, 0.1) is 0 Å². The predicted molar refractivity (Wildman–Crippen MR) is 57.0 cm³/mol. The number of β-amino-alcohol motifs (C(OH)–C–C–N with tert-alkyl or cyclic N) is 1. The molecule has 5 nitrogen and oxygen atoms in total. The predicted octanol–water partition coefficient (Wildman–Crippen LogP) is -1.85. The zero-order chi connectivity index (χ0) is 10.2. The second-order valence-electron chi connectivity index (χ2n) is 3.66. The van der Waals surface area contributed by atoms with Crippen molar-refractivity contribution in [3.05, 3.63) is 0 Å². The molecule has 0 spiro atoms. The van der Waals surface area contributed by atoms with Crippen molar-refractivity contribution < 1.29 is 5.11 Å². The third-order valence-corrected chi connectivity index (χ3v) is 2.40. The molecule has 0 saturated carbocycles. The maximum Gasteiger partial charge on any atom is 0.117 e. The molecular formula is C9H22N4O. The Bertz CT molecular complexity index is 139. The summed E-state index contributed by atoms with van der Waals surface area (Å²) in [5, 5.41) is 15.9. The van der Waals surface area contributed by atoms with E-state index in [1.54, 1.807) is 0 Å². The molecule has 1 atom stereocenters. The van der Waals surface area contributed by atoms with Crippen molar-refractivity contribution in [1.82, 2.24) is 15.5 Å². The molecule has 1 unspecified atom stereocenters. The second kappa shape index (κ2) is 7.14. The molecular weight excluding hydrogens is 180 g/mol. The van der Waals surface area contributed by atoms with E-state index in [2.05, 4.69) is 15.5 Å². The molecule has 0 aromatic rings. The van der Waals surface area contributed by atoms with Crippen molar-refractivity contribution in [3.63, 3.8) is 0 Å². The lowest BCUT2D eigenvalue weighted by Gasteiger charge is -2.29. The number of hydrogen-bond acceptors (Lipinski definition) is 5. The Balaban J connectivity index is 2.03. The van der Waals surface area contributed by atoms with Crippen LogP contribution in [-0.4, -0.2) is 62.0 Å². The van der Waals surface area contributed by atoms with E-state index < -0.39 is 6.23 Å². The lowest BCUT2D eigenvalue weighted by molar-refractivity contribution is 0.0796. The molecule has 5 heteroatoms. The van der Waals surface area contributed by atoms with Crippen LogP contribution in [0.2, 0.25) is 0 Å². The van der Waals surface area contributed by atoms with Gasteiger partial charge < -0.3 is 16.2 Å². The van der Waals surface area contributed by atoms with Crippen LogP contribution in [0.15, 0.2) is 0 Å². The quantitative estimate of drug-likeness (QED) is 0.300. The first-order valence-corrected chi connectivity index (χ1v) is 5.37. The van der Waals surface area contributed by atoms with Gasteiger partial charge >= 0.3 is 0 Å². The van der Waals surface area contributed by atoms with Gasteiger partial charge in [0, 0.05) is 32.7 Å². The Morgan fingerprint density at radius 3 is 2.79 bits per heavy atom. The summed E-state index contributed by atoms with van der Waals surface area (Å²) in [4.78, 5) is 2.26. The first-order valence-electron chi connectivity index (χ1n) is 5.37. The smallest absolute Gasteiger partial charge is 0.117 e. The number of piperazine rings is 1. The average Bonchev–Trinajstić information content (AvgIpc) is 2.20. The number of nitrogens with one attached hydrogen (secondary N) is 2. The van der Waals surface area contributed by atoms with Gasteiger partial charge in [-0.1, -0.05) is 0 Å². The minimum absolute atomic E-state index is 0.417. The van der Waals surface area contributed by atoms with Gasteiger partial charge in [0.25, 0.3) is 0 Å². The molecule has 1 saturated heterocycles. The Labute approximate surface area is 85.6 Å². The van der Waals surface area contributed by atoms with E-state index in [-0.39, 0.29) is 0 Å². The van der Waals surface area contributed by atoms with Gasteiger partial charge in [0.15, 0.2) is 0 Å². The van der Waals surface area contributed by atoms with E-state index in [9.17, 15) is 5.11 Å². The van der Waals surface area contributed by atoms with Crippen molar-refractivity contribution in [3.8, 4) is 0 Å². The van der Waals surface area contributed by atoms with Crippen LogP contribution in [0.5, 0.6) is 0 Å². The SMILES string of the molecule is NCCCNC(O)CN1CCNCC1. The van der Waals surface area contributed by atoms with Gasteiger partial charge in [-0.05, 0) is 19.5 Å². The molecule has 1 fully saturated rings. The van der Waals surface area contributed by atoms with Crippen molar-refractivity contribution >= 4 is 0 Å². The van der Waals surface area contributed by atoms with E-state index in [4.69, 9.17) is 5.73 Å². The molecule has 1 heterocycles. The van der Waals surface area contributed by atoms with Crippen molar-refractivity contribution in [2.24, 2.45) is 5.73 Å². The van der Waals surface area contributed by atoms with Gasteiger partial charge in [-0.3, -0.25) is 10.2 Å². The fourth-order valence-electron chi connectivity index (χ4n) is 1.57. The normalized spacial score (nSPS) is 21.0. The van der Waals surface area contributed by atoms with Gasteiger partial charge in [0.2, 0.25) is 0 Å². The largest absolute Gasteiger partial charge is 0.377 e. The fraction of sp³-hybridized carbons (Fsp3) is 1.00. The molecule has 0 amide bonds. The van der Waals surface area contributed by atoms with Crippen LogP contribution in [0.1, 0.15) is 6.42 Å². The van der Waals surface area contributed by atoms with Crippen molar-refractivity contribution in [2.45, 2.75) is 12.6 Å². The third-order valence-electron chi connectivity index (χ3n) is 2.40. The summed E-state index contributed by atoms with van der Waals surface area (Å²) in [5.41, 5.74) is 5.36. The minimum Gasteiger partial charge on any atom is -0.377 e. The third kappa shape index (κ3) is 4.88. The summed E-state index contributed by atoms with van der Waals surface area (Å²) in [6.45, 7) is 6.28. The number of hydrogen-bond donors (Lipinski definition) is 4. The van der Waals surface area contributed by atoms with Crippen LogP contribution in [0.3, 0.4) is 0 Å². The maximum absolute atomic E-state index is 9.61. The highest BCUT2D eigenvalue weighted by Gasteiger charge is 2.12. The van der Waals surface area contributed by atoms with Crippen LogP contribution in [0, 0.1) is 0 Å². The summed E-state index contributed by atoms with van der Waals surface area (Å²) in [7, 11) is 0. The molecule has 84 valence electrons. The van der Waals surface area contributed by atoms with Crippen molar-refractivity contribution in [2.75, 3.05) is 45.8 Å². The number of aliphatic hydroxyl groups excluding tert-OH is 1. The minimum atomic E-state index is -0.417. The first-order chi connectivity index (χ1) is 6.83. The summed E-state index contributed by atoms with van der Waals surface area (Å²) in [6, 6.07) is 0. The highest BCUT2D eigenvalue weighted by Crippen LogP contribution is 1.93. The zero-order valence-corrected chi connectivity index (χ0v) is 8.71. The summed E-state index contributed by atoms with van der Waals surface area (Å²) in [6.07, 6.45) is 0.498. The fourth-order valence-corrected chi connectivity index (χ4v) is 1.57. The summed E-state index contributed by atoms with van der Waals surface area (Å²) < 4.78 is 0. The number of rotatable bonds is 6. The lowest BCUT2D eigenvalue weighted by atomic mass is 10.3. The summed E-state index contributed by atoms with van der Waals surface area (Å²) >= 11 is 0. The monoisotopic (exact) mass is 202 g/mol. The number of nitrogens with two attached hydrogens (primary N) is 1. The topological polar surface area (TPSA) is 73.5 Å². The Hall–Kier alpha value is -0.200. The van der Waals surface area contributed by atoms with E-state index in [1.165, 1.54) is 0 Å². The molecule has 0 radical (unpaired) electrons. The molecule has 1 aliphatic rings. The van der Waals surface area contributed by atoms with Gasteiger partial charge in [0.1, 0.15) is 6.23 Å². The van der Waals surface area contributed by atoms with E-state index in [0.717, 1.165) is 39.1 Å². The van der Waals surface area contributed by atoms with Crippen molar-refractivity contribution in [1.29, 1.82) is 0 Å². The molecule has 1 rings (SSSR count). The van der Waals surface area contributed by atoms with Gasteiger partial charge in [-0.2, -0.15) is 0 Å². The Morgan fingerprint density at radius 2 is 2.14 bits per heavy atom. The van der Waals surface area contributed by atoms with Gasteiger partial charge in [-0.25, -0.2) is 0 Å². The standard InChI is InChI=1S/C9H22N4O/c10-2-1-3-12-9(14)8-13-6-4-11-5-7-13/h9,11-12,14H,1-8,10H2. The molecule has 5 N–H and O–H groups in total. The van der Waals surface area contributed by atoms with Gasteiger partial charge in [-0.15, -0.1) is 0 Å². The molecule has 14 heavy (non-hydrogen) atoms.